The average molecular weight is 212 g/mol. The van der Waals surface area contributed by atoms with Crippen LogP contribution in [0.5, 0.6) is 0 Å². The molecule has 0 unspecified atom stereocenters. The van der Waals surface area contributed by atoms with Crippen molar-refractivity contribution in [3.63, 3.8) is 0 Å². The Labute approximate surface area is 90.5 Å². The predicted octanol–water partition coefficient (Wildman–Crippen LogP) is 2.27. The molecule has 1 heterocycles. The van der Waals surface area contributed by atoms with E-state index in [1.165, 1.54) is 9.75 Å². The SMILES string of the molecule is Cc1ccc(CNCCC(C)(C)N)s1. The van der Waals surface area contributed by atoms with Gasteiger partial charge in [-0.3, -0.25) is 0 Å². The first-order valence-corrected chi connectivity index (χ1v) is 5.84. The van der Waals surface area contributed by atoms with Crippen LogP contribution >= 0.6 is 11.3 Å². The van der Waals surface area contributed by atoms with Crippen LogP contribution in [0.25, 0.3) is 0 Å². The summed E-state index contributed by atoms with van der Waals surface area (Å²) in [5.41, 5.74) is 5.82. The lowest BCUT2D eigenvalue weighted by atomic mass is 10.0. The molecule has 1 aromatic heterocycles. The van der Waals surface area contributed by atoms with Gasteiger partial charge in [0.2, 0.25) is 0 Å². The van der Waals surface area contributed by atoms with Crippen LogP contribution in [0, 0.1) is 6.92 Å². The molecule has 14 heavy (non-hydrogen) atoms. The van der Waals surface area contributed by atoms with E-state index in [0.29, 0.717) is 0 Å². The van der Waals surface area contributed by atoms with Crippen molar-refractivity contribution in [3.05, 3.63) is 21.9 Å². The monoisotopic (exact) mass is 212 g/mol. The Morgan fingerprint density at radius 3 is 2.64 bits per heavy atom. The molecule has 1 rings (SSSR count). The van der Waals surface area contributed by atoms with Gasteiger partial charge in [0.1, 0.15) is 0 Å². The Bertz CT molecular complexity index is 273. The Morgan fingerprint density at radius 2 is 2.14 bits per heavy atom. The zero-order valence-corrected chi connectivity index (χ0v) is 10.1. The molecule has 0 spiro atoms. The van der Waals surface area contributed by atoms with E-state index in [1.54, 1.807) is 0 Å². The summed E-state index contributed by atoms with van der Waals surface area (Å²) in [6, 6.07) is 4.34. The van der Waals surface area contributed by atoms with Crippen molar-refractivity contribution < 1.29 is 0 Å². The molecule has 3 N–H and O–H groups in total. The van der Waals surface area contributed by atoms with Gasteiger partial charge < -0.3 is 11.1 Å². The molecule has 0 amide bonds. The second-order valence-electron chi connectivity index (χ2n) is 4.43. The highest BCUT2D eigenvalue weighted by atomic mass is 32.1. The lowest BCUT2D eigenvalue weighted by molar-refractivity contribution is 0.455. The highest BCUT2D eigenvalue weighted by Crippen LogP contribution is 2.14. The van der Waals surface area contributed by atoms with Crippen molar-refractivity contribution >= 4 is 11.3 Å². The number of aryl methyl sites for hydroxylation is 1. The maximum absolute atomic E-state index is 5.88. The van der Waals surface area contributed by atoms with Crippen LogP contribution in [0.3, 0.4) is 0 Å². The topological polar surface area (TPSA) is 38.0 Å². The van der Waals surface area contributed by atoms with Gasteiger partial charge in [0.25, 0.3) is 0 Å². The van der Waals surface area contributed by atoms with Crippen molar-refractivity contribution in [1.29, 1.82) is 0 Å². The lowest BCUT2D eigenvalue weighted by Gasteiger charge is -2.18. The van der Waals surface area contributed by atoms with Crippen LogP contribution in [0.4, 0.5) is 0 Å². The minimum Gasteiger partial charge on any atom is -0.326 e. The van der Waals surface area contributed by atoms with Gasteiger partial charge in [0, 0.05) is 21.8 Å². The smallest absolute Gasteiger partial charge is 0.0299 e. The zero-order chi connectivity index (χ0) is 10.6. The molecular weight excluding hydrogens is 192 g/mol. The number of rotatable bonds is 5. The number of hydrogen-bond donors (Lipinski definition) is 2. The molecule has 0 aromatic carbocycles. The molecule has 0 bridgehead atoms. The Kier molecular flexibility index (Phi) is 4.11. The first-order valence-electron chi connectivity index (χ1n) is 5.02. The summed E-state index contributed by atoms with van der Waals surface area (Å²) in [7, 11) is 0. The summed E-state index contributed by atoms with van der Waals surface area (Å²) in [5, 5.41) is 3.40. The van der Waals surface area contributed by atoms with Crippen molar-refractivity contribution in [2.45, 2.75) is 39.3 Å². The maximum Gasteiger partial charge on any atom is 0.0299 e. The van der Waals surface area contributed by atoms with Crippen LogP contribution in [-0.2, 0) is 6.54 Å². The molecule has 0 saturated carbocycles. The Hall–Kier alpha value is -0.380. The molecule has 0 aliphatic rings. The minimum atomic E-state index is -0.0572. The van der Waals surface area contributed by atoms with Crippen molar-refractivity contribution in [2.24, 2.45) is 5.73 Å². The summed E-state index contributed by atoms with van der Waals surface area (Å²) >= 11 is 1.85. The highest BCUT2D eigenvalue weighted by Gasteiger charge is 2.08. The molecule has 1 aromatic rings. The molecule has 2 nitrogen and oxygen atoms in total. The molecular formula is C11H20N2S. The third-order valence-corrected chi connectivity index (χ3v) is 3.04. The predicted molar refractivity (Wildman–Crippen MR) is 63.6 cm³/mol. The van der Waals surface area contributed by atoms with E-state index in [0.717, 1.165) is 19.5 Å². The van der Waals surface area contributed by atoms with E-state index in [4.69, 9.17) is 5.73 Å². The summed E-state index contributed by atoms with van der Waals surface area (Å²) in [4.78, 5) is 2.78. The number of thiophene rings is 1. The van der Waals surface area contributed by atoms with Crippen LogP contribution in [0.2, 0.25) is 0 Å². The highest BCUT2D eigenvalue weighted by molar-refractivity contribution is 7.11. The third kappa shape index (κ3) is 4.74. The molecule has 0 saturated heterocycles. The van der Waals surface area contributed by atoms with Crippen molar-refractivity contribution in [3.8, 4) is 0 Å². The normalized spacial score (nSPS) is 12.0. The quantitative estimate of drug-likeness (QED) is 0.735. The molecule has 3 heteroatoms. The second kappa shape index (κ2) is 4.91. The average Bonchev–Trinajstić information content (AvgIpc) is 2.44. The van der Waals surface area contributed by atoms with Crippen molar-refractivity contribution in [2.75, 3.05) is 6.54 Å². The number of nitrogens with two attached hydrogens (primary N) is 1. The summed E-state index contributed by atoms with van der Waals surface area (Å²) < 4.78 is 0. The van der Waals surface area contributed by atoms with E-state index < -0.39 is 0 Å². The summed E-state index contributed by atoms with van der Waals surface area (Å²) in [5.74, 6) is 0. The largest absolute Gasteiger partial charge is 0.326 e. The molecule has 80 valence electrons. The second-order valence-corrected chi connectivity index (χ2v) is 5.80. The van der Waals surface area contributed by atoms with Gasteiger partial charge in [-0.05, 0) is 45.9 Å². The number of hydrogen-bond acceptors (Lipinski definition) is 3. The van der Waals surface area contributed by atoms with Gasteiger partial charge in [0.05, 0.1) is 0 Å². The molecule has 0 radical (unpaired) electrons. The van der Waals surface area contributed by atoms with Gasteiger partial charge in [-0.2, -0.15) is 0 Å². The van der Waals surface area contributed by atoms with Crippen molar-refractivity contribution in [1.82, 2.24) is 5.32 Å². The van der Waals surface area contributed by atoms with E-state index in [2.05, 4.69) is 38.2 Å². The van der Waals surface area contributed by atoms with Gasteiger partial charge in [0.15, 0.2) is 0 Å². The maximum atomic E-state index is 5.88. The summed E-state index contributed by atoms with van der Waals surface area (Å²) in [6.07, 6.45) is 1.01. The standard InChI is InChI=1S/C11H20N2S/c1-9-4-5-10(14-9)8-13-7-6-11(2,3)12/h4-5,13H,6-8,12H2,1-3H3. The minimum absolute atomic E-state index is 0.0572. The lowest BCUT2D eigenvalue weighted by Crippen LogP contribution is -2.35. The van der Waals surface area contributed by atoms with Gasteiger partial charge >= 0.3 is 0 Å². The Morgan fingerprint density at radius 1 is 1.43 bits per heavy atom. The van der Waals surface area contributed by atoms with Gasteiger partial charge in [-0.15, -0.1) is 11.3 Å². The first kappa shape index (κ1) is 11.7. The fourth-order valence-electron chi connectivity index (χ4n) is 1.20. The van der Waals surface area contributed by atoms with Gasteiger partial charge in [-0.25, -0.2) is 0 Å². The van der Waals surface area contributed by atoms with E-state index in [-0.39, 0.29) is 5.54 Å². The fraction of sp³-hybridized carbons (Fsp3) is 0.636. The molecule has 0 aliphatic carbocycles. The Balaban J connectivity index is 2.16. The first-order chi connectivity index (χ1) is 6.47. The zero-order valence-electron chi connectivity index (χ0n) is 9.26. The van der Waals surface area contributed by atoms with Crippen LogP contribution < -0.4 is 11.1 Å². The van der Waals surface area contributed by atoms with Crippen LogP contribution in [-0.4, -0.2) is 12.1 Å². The van der Waals surface area contributed by atoms with E-state index in [1.807, 2.05) is 11.3 Å². The third-order valence-electron chi connectivity index (χ3n) is 2.04. The molecule has 0 aliphatic heterocycles. The van der Waals surface area contributed by atoms with Crippen LogP contribution in [0.15, 0.2) is 12.1 Å². The van der Waals surface area contributed by atoms with Gasteiger partial charge in [-0.1, -0.05) is 0 Å². The fourth-order valence-corrected chi connectivity index (χ4v) is 2.06. The summed E-state index contributed by atoms with van der Waals surface area (Å²) in [6.45, 7) is 8.21. The molecule has 0 atom stereocenters. The molecule has 0 fully saturated rings. The van der Waals surface area contributed by atoms with E-state index in [9.17, 15) is 0 Å². The van der Waals surface area contributed by atoms with E-state index >= 15 is 0 Å². The number of nitrogens with one attached hydrogen (secondary N) is 1. The van der Waals surface area contributed by atoms with Crippen LogP contribution in [0.1, 0.15) is 30.0 Å².